The zero-order valence-electron chi connectivity index (χ0n) is 10.9. The van der Waals surface area contributed by atoms with Crippen LogP contribution in [0.3, 0.4) is 0 Å². The predicted octanol–water partition coefficient (Wildman–Crippen LogP) is 1.15. The summed E-state index contributed by atoms with van der Waals surface area (Å²) >= 11 is 0. The lowest BCUT2D eigenvalue weighted by atomic mass is 9.97. The van der Waals surface area contributed by atoms with Crippen molar-refractivity contribution in [1.29, 1.82) is 0 Å². The van der Waals surface area contributed by atoms with Gasteiger partial charge in [-0.15, -0.1) is 0 Å². The molecule has 2 heterocycles. The van der Waals surface area contributed by atoms with Crippen molar-refractivity contribution in [3.05, 3.63) is 0 Å². The Morgan fingerprint density at radius 3 is 2.94 bits per heavy atom. The second-order valence-corrected chi connectivity index (χ2v) is 5.63. The van der Waals surface area contributed by atoms with Crippen LogP contribution in [0, 0.1) is 0 Å². The highest BCUT2D eigenvalue weighted by Crippen LogP contribution is 2.24. The van der Waals surface area contributed by atoms with Crippen LogP contribution in [0.5, 0.6) is 0 Å². The van der Waals surface area contributed by atoms with E-state index in [2.05, 4.69) is 29.2 Å². The molecule has 94 valence electrons. The molecule has 0 bridgehead atoms. The van der Waals surface area contributed by atoms with Crippen LogP contribution in [-0.2, 0) is 0 Å². The molecule has 0 aliphatic carbocycles. The van der Waals surface area contributed by atoms with Crippen LogP contribution in [0.1, 0.15) is 32.1 Å². The highest BCUT2D eigenvalue weighted by molar-refractivity contribution is 4.87. The first-order valence-electron chi connectivity index (χ1n) is 6.88. The number of hydrogen-bond donors (Lipinski definition) is 1. The molecule has 0 aromatic carbocycles. The van der Waals surface area contributed by atoms with Crippen molar-refractivity contribution in [3.8, 4) is 0 Å². The van der Waals surface area contributed by atoms with Crippen molar-refractivity contribution in [2.24, 2.45) is 0 Å². The first-order chi connectivity index (χ1) is 7.77. The van der Waals surface area contributed by atoms with Gasteiger partial charge in [-0.1, -0.05) is 6.42 Å². The summed E-state index contributed by atoms with van der Waals surface area (Å²) in [6, 6.07) is 1.64. The summed E-state index contributed by atoms with van der Waals surface area (Å²) in [5.41, 5.74) is 0. The number of rotatable bonds is 3. The van der Waals surface area contributed by atoms with Gasteiger partial charge >= 0.3 is 0 Å². The van der Waals surface area contributed by atoms with Crippen LogP contribution in [0.4, 0.5) is 0 Å². The first-order valence-corrected chi connectivity index (χ1v) is 6.88. The molecular formula is C13H27N3. The van der Waals surface area contributed by atoms with E-state index >= 15 is 0 Å². The van der Waals surface area contributed by atoms with Gasteiger partial charge in [0.2, 0.25) is 0 Å². The maximum absolute atomic E-state index is 3.62. The molecule has 2 saturated heterocycles. The van der Waals surface area contributed by atoms with E-state index in [9.17, 15) is 0 Å². The van der Waals surface area contributed by atoms with Gasteiger partial charge in [-0.05, 0) is 59.4 Å². The van der Waals surface area contributed by atoms with Gasteiger partial charge in [0.05, 0.1) is 0 Å². The lowest BCUT2D eigenvalue weighted by Crippen LogP contribution is -2.48. The topological polar surface area (TPSA) is 18.5 Å². The Bertz CT molecular complexity index is 205. The fourth-order valence-corrected chi connectivity index (χ4v) is 3.14. The van der Waals surface area contributed by atoms with Crippen molar-refractivity contribution in [2.45, 2.75) is 44.2 Å². The zero-order chi connectivity index (χ0) is 11.4. The quantitative estimate of drug-likeness (QED) is 0.777. The Balaban J connectivity index is 1.91. The molecule has 0 aromatic rings. The lowest BCUT2D eigenvalue weighted by Gasteiger charge is -2.39. The molecule has 1 N–H and O–H groups in total. The van der Waals surface area contributed by atoms with E-state index in [1.165, 1.54) is 58.3 Å². The molecule has 16 heavy (non-hydrogen) atoms. The molecule has 0 amide bonds. The van der Waals surface area contributed by atoms with Gasteiger partial charge in [-0.2, -0.15) is 0 Å². The fraction of sp³-hybridized carbons (Fsp3) is 1.00. The lowest BCUT2D eigenvalue weighted by molar-refractivity contribution is 0.0945. The minimum atomic E-state index is 0.773. The van der Waals surface area contributed by atoms with E-state index in [1.54, 1.807) is 0 Å². The van der Waals surface area contributed by atoms with E-state index < -0.39 is 0 Å². The third-order valence-corrected chi connectivity index (χ3v) is 4.09. The molecule has 3 heteroatoms. The Morgan fingerprint density at radius 1 is 1.25 bits per heavy atom. The van der Waals surface area contributed by atoms with E-state index in [0.717, 1.165) is 12.1 Å². The van der Waals surface area contributed by atoms with Crippen LogP contribution in [0.25, 0.3) is 0 Å². The van der Waals surface area contributed by atoms with Crippen LogP contribution in [-0.4, -0.2) is 62.2 Å². The number of nitrogens with zero attached hydrogens (tertiary/aromatic N) is 2. The van der Waals surface area contributed by atoms with Crippen molar-refractivity contribution in [1.82, 2.24) is 15.1 Å². The third kappa shape index (κ3) is 3.19. The maximum Gasteiger partial charge on any atom is 0.0235 e. The minimum Gasteiger partial charge on any atom is -0.315 e. The number of piperidine rings is 1. The Morgan fingerprint density at radius 2 is 2.12 bits per heavy atom. The highest BCUT2D eigenvalue weighted by atomic mass is 15.2. The standard InChI is InChI=1S/C13H27N3/c1-15(2)10-7-13-11-14-8-6-12-5-3-4-9-16(12)13/h12-14H,3-11H2,1-2H3. The fourth-order valence-electron chi connectivity index (χ4n) is 3.14. The maximum atomic E-state index is 3.62. The van der Waals surface area contributed by atoms with E-state index in [-0.39, 0.29) is 0 Å². The van der Waals surface area contributed by atoms with E-state index in [4.69, 9.17) is 0 Å². The molecule has 0 aromatic heterocycles. The Kier molecular flexibility index (Phi) is 4.62. The largest absolute Gasteiger partial charge is 0.315 e. The molecule has 2 atom stereocenters. The molecule has 2 aliphatic rings. The van der Waals surface area contributed by atoms with Crippen molar-refractivity contribution >= 4 is 0 Å². The van der Waals surface area contributed by atoms with Gasteiger partial charge in [0.1, 0.15) is 0 Å². The highest BCUT2D eigenvalue weighted by Gasteiger charge is 2.30. The first kappa shape index (κ1) is 12.3. The van der Waals surface area contributed by atoms with Gasteiger partial charge in [0.25, 0.3) is 0 Å². The molecular weight excluding hydrogens is 198 g/mol. The molecule has 2 fully saturated rings. The van der Waals surface area contributed by atoms with Crippen LogP contribution < -0.4 is 5.32 Å². The van der Waals surface area contributed by atoms with Crippen LogP contribution in [0.15, 0.2) is 0 Å². The smallest absolute Gasteiger partial charge is 0.0235 e. The van der Waals surface area contributed by atoms with Gasteiger partial charge in [0.15, 0.2) is 0 Å². The van der Waals surface area contributed by atoms with E-state index in [1.807, 2.05) is 0 Å². The molecule has 3 nitrogen and oxygen atoms in total. The third-order valence-electron chi connectivity index (χ3n) is 4.09. The van der Waals surface area contributed by atoms with Crippen LogP contribution >= 0.6 is 0 Å². The number of hydrogen-bond acceptors (Lipinski definition) is 3. The summed E-state index contributed by atoms with van der Waals surface area (Å²) in [4.78, 5) is 5.11. The number of nitrogens with one attached hydrogen (secondary N) is 1. The molecule has 2 aliphatic heterocycles. The Hall–Kier alpha value is -0.120. The summed E-state index contributed by atoms with van der Waals surface area (Å²) in [7, 11) is 4.36. The summed E-state index contributed by atoms with van der Waals surface area (Å²) in [5, 5.41) is 3.62. The zero-order valence-corrected chi connectivity index (χ0v) is 10.9. The van der Waals surface area contributed by atoms with Gasteiger partial charge < -0.3 is 10.2 Å². The Labute approximate surface area is 100 Å². The summed E-state index contributed by atoms with van der Waals surface area (Å²) in [6.45, 7) is 4.98. The molecule has 0 spiro atoms. The van der Waals surface area contributed by atoms with Gasteiger partial charge in [-0.3, -0.25) is 4.90 Å². The average Bonchev–Trinajstić information content (AvgIpc) is 2.48. The molecule has 2 rings (SSSR count). The average molecular weight is 225 g/mol. The summed E-state index contributed by atoms with van der Waals surface area (Å²) in [6.07, 6.45) is 6.96. The molecule has 2 unspecified atom stereocenters. The predicted molar refractivity (Wildman–Crippen MR) is 68.8 cm³/mol. The number of fused-ring (bicyclic) bond motifs is 1. The second-order valence-electron chi connectivity index (χ2n) is 5.63. The molecule has 0 saturated carbocycles. The van der Waals surface area contributed by atoms with Crippen molar-refractivity contribution in [2.75, 3.05) is 40.3 Å². The van der Waals surface area contributed by atoms with E-state index in [0.29, 0.717) is 0 Å². The van der Waals surface area contributed by atoms with Crippen LogP contribution in [0.2, 0.25) is 0 Å². The normalized spacial score (nSPS) is 32.4. The van der Waals surface area contributed by atoms with Crippen molar-refractivity contribution < 1.29 is 0 Å². The summed E-state index contributed by atoms with van der Waals surface area (Å²) < 4.78 is 0. The second kappa shape index (κ2) is 5.99. The van der Waals surface area contributed by atoms with Gasteiger partial charge in [-0.25, -0.2) is 0 Å². The van der Waals surface area contributed by atoms with Crippen molar-refractivity contribution in [3.63, 3.8) is 0 Å². The summed E-state index contributed by atoms with van der Waals surface area (Å²) in [5.74, 6) is 0. The minimum absolute atomic E-state index is 0.773. The monoisotopic (exact) mass is 225 g/mol. The van der Waals surface area contributed by atoms with Gasteiger partial charge in [0, 0.05) is 18.6 Å². The SMILES string of the molecule is CN(C)CCC1CNCCC2CCCCN21. The molecule has 0 radical (unpaired) electrons.